The van der Waals surface area contributed by atoms with Crippen LogP contribution in [-0.2, 0) is 15.8 Å². The van der Waals surface area contributed by atoms with E-state index in [2.05, 4.69) is 5.32 Å². The zero-order chi connectivity index (χ0) is 19.4. The molecule has 2 aromatic carbocycles. The second-order valence-electron chi connectivity index (χ2n) is 6.65. The van der Waals surface area contributed by atoms with E-state index in [9.17, 15) is 18.0 Å². The molecule has 0 aliphatic carbocycles. The maximum absolute atomic E-state index is 12.4. The van der Waals surface area contributed by atoms with E-state index in [0.29, 0.717) is 35.5 Å². The van der Waals surface area contributed by atoms with Gasteiger partial charge in [0.2, 0.25) is 10.0 Å². The van der Waals surface area contributed by atoms with Crippen LogP contribution in [0.5, 0.6) is 0 Å². The number of nitrogens with one attached hydrogen (secondary N) is 1. The molecule has 0 bridgehead atoms. The van der Waals surface area contributed by atoms with Crippen LogP contribution >= 0.6 is 0 Å². The molecule has 1 amide bonds. The molecular weight excluding hydrogens is 364 g/mol. The van der Waals surface area contributed by atoms with E-state index < -0.39 is 10.0 Å². The quantitative estimate of drug-likeness (QED) is 0.774. The van der Waals surface area contributed by atoms with Crippen LogP contribution < -0.4 is 5.32 Å². The first kappa shape index (κ1) is 19.3. The van der Waals surface area contributed by atoms with Crippen molar-refractivity contribution in [3.05, 3.63) is 65.2 Å². The summed E-state index contributed by atoms with van der Waals surface area (Å²) in [5, 5.41) is 2.75. The maximum atomic E-state index is 12.4. The number of amides is 1. The Morgan fingerprint density at radius 1 is 1.00 bits per heavy atom. The van der Waals surface area contributed by atoms with E-state index in [1.54, 1.807) is 48.5 Å². The molecule has 0 unspecified atom stereocenters. The Morgan fingerprint density at radius 2 is 1.67 bits per heavy atom. The van der Waals surface area contributed by atoms with Crippen molar-refractivity contribution in [2.75, 3.05) is 18.4 Å². The minimum atomic E-state index is -3.31. The molecule has 0 aromatic heterocycles. The molecule has 1 saturated heterocycles. The van der Waals surface area contributed by atoms with Crippen molar-refractivity contribution in [2.24, 2.45) is 0 Å². The predicted octanol–water partition coefficient (Wildman–Crippen LogP) is 3.07. The number of carbonyl (C=O) groups excluding carboxylic acids is 2. The number of sulfonamides is 1. The summed E-state index contributed by atoms with van der Waals surface area (Å²) in [6.07, 6.45) is 1.81. The van der Waals surface area contributed by atoms with E-state index in [0.717, 1.165) is 12.8 Å². The predicted molar refractivity (Wildman–Crippen MR) is 104 cm³/mol. The molecule has 3 rings (SSSR count). The van der Waals surface area contributed by atoms with Gasteiger partial charge in [0.25, 0.3) is 5.91 Å². The molecule has 27 heavy (non-hydrogen) atoms. The first-order chi connectivity index (χ1) is 12.8. The molecule has 0 atom stereocenters. The van der Waals surface area contributed by atoms with E-state index in [1.165, 1.54) is 11.2 Å². The van der Waals surface area contributed by atoms with Crippen molar-refractivity contribution < 1.29 is 18.0 Å². The van der Waals surface area contributed by atoms with Gasteiger partial charge in [-0.3, -0.25) is 9.59 Å². The van der Waals surface area contributed by atoms with Crippen LogP contribution in [-0.4, -0.2) is 37.5 Å². The Labute approximate surface area is 159 Å². The van der Waals surface area contributed by atoms with Crippen molar-refractivity contribution in [3.63, 3.8) is 0 Å². The Balaban J connectivity index is 1.67. The van der Waals surface area contributed by atoms with Gasteiger partial charge >= 0.3 is 0 Å². The van der Waals surface area contributed by atoms with Crippen LogP contribution in [0.15, 0.2) is 48.5 Å². The molecule has 1 heterocycles. The molecule has 2 aromatic rings. The zero-order valence-corrected chi connectivity index (χ0v) is 16.0. The zero-order valence-electron chi connectivity index (χ0n) is 15.1. The molecule has 6 nitrogen and oxygen atoms in total. The minimum absolute atomic E-state index is 0.0600. The monoisotopic (exact) mass is 386 g/mol. The summed E-state index contributed by atoms with van der Waals surface area (Å²) >= 11 is 0. The first-order valence-electron chi connectivity index (χ1n) is 8.84. The highest BCUT2D eigenvalue weighted by molar-refractivity contribution is 7.88. The minimum Gasteiger partial charge on any atom is -0.322 e. The second kappa shape index (κ2) is 8.02. The van der Waals surface area contributed by atoms with Gasteiger partial charge in [-0.2, -0.15) is 0 Å². The SMILES string of the molecule is CC(=O)c1cccc(NC(=O)c2ccc(CS(=O)(=O)N3CCCC3)cc2)c1. The summed E-state index contributed by atoms with van der Waals surface area (Å²) in [5.41, 5.74) is 2.13. The van der Waals surface area contributed by atoms with Crippen LogP contribution in [0.1, 0.15) is 46.0 Å². The second-order valence-corrected chi connectivity index (χ2v) is 8.62. The van der Waals surface area contributed by atoms with Crippen LogP contribution in [0.4, 0.5) is 5.69 Å². The number of nitrogens with zero attached hydrogens (tertiary/aromatic N) is 1. The third kappa shape index (κ3) is 4.81. The molecular formula is C20H22N2O4S. The lowest BCUT2D eigenvalue weighted by Crippen LogP contribution is -2.29. The molecule has 0 spiro atoms. The molecule has 142 valence electrons. The standard InChI is InChI=1S/C20H22N2O4S/c1-15(23)18-5-4-6-19(13-18)21-20(24)17-9-7-16(8-10-17)14-27(25,26)22-11-2-3-12-22/h4-10,13H,2-3,11-12,14H2,1H3,(H,21,24). The number of Topliss-reactive ketones (excluding diaryl/α,β-unsaturated/α-hetero) is 1. The number of benzene rings is 2. The van der Waals surface area contributed by atoms with Crippen molar-refractivity contribution >= 4 is 27.4 Å². The lowest BCUT2D eigenvalue weighted by molar-refractivity contribution is 0.101. The lowest BCUT2D eigenvalue weighted by Gasteiger charge is -2.15. The maximum Gasteiger partial charge on any atom is 0.255 e. The Hall–Kier alpha value is -2.51. The topological polar surface area (TPSA) is 83.5 Å². The number of ketones is 1. The van der Waals surface area contributed by atoms with Gasteiger partial charge in [0.1, 0.15) is 0 Å². The number of hydrogen-bond donors (Lipinski definition) is 1. The van der Waals surface area contributed by atoms with Crippen LogP contribution in [0.3, 0.4) is 0 Å². The largest absolute Gasteiger partial charge is 0.322 e. The van der Waals surface area contributed by atoms with E-state index in [-0.39, 0.29) is 17.4 Å². The van der Waals surface area contributed by atoms with Crippen molar-refractivity contribution in [1.29, 1.82) is 0 Å². The molecule has 7 heteroatoms. The van der Waals surface area contributed by atoms with Gasteiger partial charge in [-0.25, -0.2) is 12.7 Å². The summed E-state index contributed by atoms with van der Waals surface area (Å²) in [7, 11) is -3.31. The van der Waals surface area contributed by atoms with E-state index >= 15 is 0 Å². The fourth-order valence-corrected chi connectivity index (χ4v) is 4.65. The highest BCUT2D eigenvalue weighted by atomic mass is 32.2. The molecule has 1 aliphatic heterocycles. The molecule has 0 saturated carbocycles. The summed E-state index contributed by atoms with van der Waals surface area (Å²) in [4.78, 5) is 23.8. The van der Waals surface area contributed by atoms with Gasteiger partial charge in [0.15, 0.2) is 5.78 Å². The summed E-state index contributed by atoms with van der Waals surface area (Å²) in [6.45, 7) is 2.64. The lowest BCUT2D eigenvalue weighted by atomic mass is 10.1. The van der Waals surface area contributed by atoms with Gasteiger partial charge in [-0.15, -0.1) is 0 Å². The van der Waals surface area contributed by atoms with Crippen molar-refractivity contribution in [3.8, 4) is 0 Å². The summed E-state index contributed by atoms with van der Waals surface area (Å²) in [5.74, 6) is -0.449. The van der Waals surface area contributed by atoms with Crippen molar-refractivity contribution in [1.82, 2.24) is 4.31 Å². The third-order valence-corrected chi connectivity index (χ3v) is 6.40. The number of anilines is 1. The summed E-state index contributed by atoms with van der Waals surface area (Å²) in [6, 6.07) is 13.3. The average Bonchev–Trinajstić information content (AvgIpc) is 3.18. The molecule has 0 radical (unpaired) electrons. The molecule has 1 fully saturated rings. The first-order valence-corrected chi connectivity index (χ1v) is 10.5. The van der Waals surface area contributed by atoms with Gasteiger partial charge in [-0.05, 0) is 49.6 Å². The third-order valence-electron chi connectivity index (χ3n) is 4.55. The Kier molecular flexibility index (Phi) is 5.72. The van der Waals surface area contributed by atoms with E-state index in [1.807, 2.05) is 0 Å². The fraction of sp³-hybridized carbons (Fsp3) is 0.300. The fourth-order valence-electron chi connectivity index (χ4n) is 3.04. The van der Waals surface area contributed by atoms with Crippen LogP contribution in [0.25, 0.3) is 0 Å². The van der Waals surface area contributed by atoms with E-state index in [4.69, 9.17) is 0 Å². The normalized spacial score (nSPS) is 14.9. The van der Waals surface area contributed by atoms with Crippen LogP contribution in [0.2, 0.25) is 0 Å². The average molecular weight is 386 g/mol. The van der Waals surface area contributed by atoms with Gasteiger partial charge in [-0.1, -0.05) is 24.3 Å². The highest BCUT2D eigenvalue weighted by Gasteiger charge is 2.25. The van der Waals surface area contributed by atoms with Crippen molar-refractivity contribution in [2.45, 2.75) is 25.5 Å². The van der Waals surface area contributed by atoms with Gasteiger partial charge in [0.05, 0.1) is 5.75 Å². The number of hydrogen-bond acceptors (Lipinski definition) is 4. The highest BCUT2D eigenvalue weighted by Crippen LogP contribution is 2.18. The van der Waals surface area contributed by atoms with Crippen LogP contribution in [0, 0.1) is 0 Å². The molecule has 1 N–H and O–H groups in total. The smallest absolute Gasteiger partial charge is 0.255 e. The Morgan fingerprint density at radius 3 is 2.30 bits per heavy atom. The Bertz CT molecular complexity index is 946. The van der Waals surface area contributed by atoms with Gasteiger partial charge < -0.3 is 5.32 Å². The summed E-state index contributed by atoms with van der Waals surface area (Å²) < 4.78 is 26.3. The van der Waals surface area contributed by atoms with Gasteiger partial charge in [0, 0.05) is 29.9 Å². The number of carbonyl (C=O) groups is 2. The molecule has 1 aliphatic rings. The number of rotatable bonds is 6.